The molecule has 2 saturated heterocycles. The summed E-state index contributed by atoms with van der Waals surface area (Å²) < 4.78 is 17.5. The van der Waals surface area contributed by atoms with Gasteiger partial charge in [0.2, 0.25) is 0 Å². The number of carbonyl (C=O) groups is 1. The van der Waals surface area contributed by atoms with Crippen LogP contribution < -0.4 is 9.64 Å². The normalized spacial score (nSPS) is 21.4. The Kier molecular flexibility index (Phi) is 9.19. The third kappa shape index (κ3) is 6.53. The molecule has 0 spiro atoms. The Morgan fingerprint density at radius 2 is 1.93 bits per heavy atom. The van der Waals surface area contributed by atoms with Crippen molar-refractivity contribution in [3.63, 3.8) is 0 Å². The Hall–Kier alpha value is -3.17. The number of aromatic nitrogens is 1. The highest BCUT2D eigenvalue weighted by Crippen LogP contribution is 2.37. The van der Waals surface area contributed by atoms with E-state index >= 15 is 0 Å². The molecular formula is C34H40ClN3O5. The van der Waals surface area contributed by atoms with Gasteiger partial charge in [0.1, 0.15) is 18.2 Å². The minimum Gasteiger partial charge on any atom is -0.487 e. The van der Waals surface area contributed by atoms with E-state index < -0.39 is 18.0 Å². The Labute approximate surface area is 258 Å². The lowest BCUT2D eigenvalue weighted by Crippen LogP contribution is -2.47. The third-order valence-corrected chi connectivity index (χ3v) is 9.52. The van der Waals surface area contributed by atoms with Crippen molar-refractivity contribution in [3.8, 4) is 17.0 Å². The van der Waals surface area contributed by atoms with Crippen LogP contribution in [0.3, 0.4) is 0 Å². The number of hydrogen-bond donors (Lipinski definition) is 1. The number of benzene rings is 2. The van der Waals surface area contributed by atoms with Gasteiger partial charge >= 0.3 is 5.97 Å². The zero-order valence-corrected chi connectivity index (χ0v) is 25.7. The first-order valence-electron chi connectivity index (χ1n) is 15.2. The molecule has 3 aromatic rings. The predicted molar refractivity (Wildman–Crippen MR) is 167 cm³/mol. The molecule has 0 saturated carbocycles. The van der Waals surface area contributed by atoms with Crippen LogP contribution in [-0.2, 0) is 33.8 Å². The average molecular weight is 606 g/mol. The molecule has 9 heteroatoms. The van der Waals surface area contributed by atoms with E-state index in [-0.39, 0.29) is 0 Å². The smallest absolute Gasteiger partial charge is 0.309 e. The van der Waals surface area contributed by atoms with E-state index in [0.29, 0.717) is 42.9 Å². The Balaban J connectivity index is 1.18. The Bertz CT molecular complexity index is 1460. The highest BCUT2D eigenvalue weighted by molar-refractivity contribution is 6.32. The number of anilines is 1. The first-order valence-corrected chi connectivity index (χ1v) is 15.6. The van der Waals surface area contributed by atoms with Gasteiger partial charge in [0, 0.05) is 58.1 Å². The molecule has 0 radical (unpaired) electrons. The van der Waals surface area contributed by atoms with E-state index in [9.17, 15) is 9.90 Å². The van der Waals surface area contributed by atoms with Crippen molar-refractivity contribution in [1.29, 1.82) is 0 Å². The van der Waals surface area contributed by atoms with Gasteiger partial charge in [0.25, 0.3) is 0 Å². The van der Waals surface area contributed by atoms with E-state index in [1.165, 1.54) is 16.7 Å². The van der Waals surface area contributed by atoms with E-state index in [0.717, 1.165) is 68.2 Å². The molecule has 0 bridgehead atoms. The van der Waals surface area contributed by atoms with Gasteiger partial charge < -0.3 is 24.2 Å². The number of para-hydroxylation sites is 1. The van der Waals surface area contributed by atoms with Crippen LogP contribution in [0.15, 0.2) is 48.5 Å². The molecule has 0 aliphatic carbocycles. The third-order valence-electron chi connectivity index (χ3n) is 9.23. The molecule has 3 aliphatic heterocycles. The van der Waals surface area contributed by atoms with Gasteiger partial charge in [-0.15, -0.1) is 0 Å². The van der Waals surface area contributed by atoms with Gasteiger partial charge in [-0.3, -0.25) is 9.69 Å². The molecule has 1 aromatic heterocycles. The van der Waals surface area contributed by atoms with Crippen LogP contribution in [0.4, 0.5) is 5.82 Å². The van der Waals surface area contributed by atoms with E-state index in [2.05, 4.69) is 28.9 Å². The molecule has 0 unspecified atom stereocenters. The fourth-order valence-corrected chi connectivity index (χ4v) is 7.05. The van der Waals surface area contributed by atoms with Crippen molar-refractivity contribution in [3.05, 3.63) is 75.8 Å². The van der Waals surface area contributed by atoms with Gasteiger partial charge in [-0.25, -0.2) is 4.98 Å². The lowest BCUT2D eigenvalue weighted by atomic mass is 9.91. The lowest BCUT2D eigenvalue weighted by molar-refractivity contribution is -0.147. The molecule has 43 heavy (non-hydrogen) atoms. The van der Waals surface area contributed by atoms with Crippen LogP contribution in [0.2, 0.25) is 5.02 Å². The van der Waals surface area contributed by atoms with Gasteiger partial charge in [0.05, 0.1) is 22.7 Å². The largest absolute Gasteiger partial charge is 0.487 e. The summed E-state index contributed by atoms with van der Waals surface area (Å²) in [5, 5.41) is 10.1. The first kappa shape index (κ1) is 29.9. The second kappa shape index (κ2) is 13.2. The number of nitrogens with zero attached hydrogens (tertiary/aromatic N) is 3. The number of hydrogen-bond acceptors (Lipinski definition) is 7. The molecule has 2 aromatic carbocycles. The van der Waals surface area contributed by atoms with Crippen molar-refractivity contribution in [1.82, 2.24) is 9.88 Å². The zero-order valence-electron chi connectivity index (χ0n) is 24.9. The van der Waals surface area contributed by atoms with Crippen molar-refractivity contribution < 1.29 is 24.1 Å². The molecule has 6 rings (SSSR count). The second-order valence-corrected chi connectivity index (χ2v) is 12.3. The summed E-state index contributed by atoms with van der Waals surface area (Å²) in [6, 6.07) is 16.7. The quantitative estimate of drug-likeness (QED) is 0.347. The monoisotopic (exact) mass is 605 g/mol. The van der Waals surface area contributed by atoms with Crippen LogP contribution in [-0.4, -0.2) is 73.1 Å². The van der Waals surface area contributed by atoms with Gasteiger partial charge in [-0.1, -0.05) is 35.9 Å². The number of halogens is 1. The summed E-state index contributed by atoms with van der Waals surface area (Å²) in [5.74, 6) is 0.0409. The number of ether oxygens (including phenoxy) is 3. The maximum absolute atomic E-state index is 11.7. The minimum absolute atomic E-state index is 0.397. The maximum atomic E-state index is 11.7. The molecule has 228 valence electrons. The molecule has 0 amide bonds. The number of carboxylic acids is 1. The fraction of sp³-hybridized carbons (Fsp3) is 0.471. The summed E-state index contributed by atoms with van der Waals surface area (Å²) in [4.78, 5) is 21.3. The van der Waals surface area contributed by atoms with Gasteiger partial charge in [-0.05, 0) is 79.1 Å². The second-order valence-electron chi connectivity index (χ2n) is 11.9. The summed E-state index contributed by atoms with van der Waals surface area (Å²) >= 11 is 6.70. The number of methoxy groups -OCH3 is 1. The van der Waals surface area contributed by atoms with Crippen molar-refractivity contribution in [2.45, 2.75) is 57.9 Å². The molecule has 2 atom stereocenters. The van der Waals surface area contributed by atoms with Crippen molar-refractivity contribution >= 4 is 23.4 Å². The fourth-order valence-electron chi connectivity index (χ4n) is 6.82. The van der Waals surface area contributed by atoms with Crippen LogP contribution in [0.1, 0.15) is 41.5 Å². The number of pyridine rings is 1. The SMILES string of the molecule is CO[C@H]1CN(c2cccc(-c3cccc(Cl)c3OCc3cc(C)c4c(c3)CCN(C3CCOCC3)C4)n2)CC[C@H]1C(=O)O. The minimum atomic E-state index is -0.819. The highest BCUT2D eigenvalue weighted by atomic mass is 35.5. The van der Waals surface area contributed by atoms with Crippen LogP contribution in [0.25, 0.3) is 11.3 Å². The standard InChI is InChI=1S/C34H40ClN3O5/c1-22-17-23(18-24-9-13-37(19-28(22)24)25-11-15-42-16-12-25)21-43-33-26(5-3-6-29(33)35)30-7-4-8-32(36-30)38-14-10-27(34(39)40)31(20-38)41-2/h3-8,17-18,25,27,31H,9-16,19-21H2,1-2H3,(H,39,40)/t27-,31+/m1/s1. The zero-order chi connectivity index (χ0) is 29.9. The van der Waals surface area contributed by atoms with Gasteiger partial charge in [-0.2, -0.15) is 0 Å². The van der Waals surface area contributed by atoms with Crippen molar-refractivity contribution in [2.24, 2.45) is 5.92 Å². The van der Waals surface area contributed by atoms with E-state index in [1.54, 1.807) is 7.11 Å². The van der Waals surface area contributed by atoms with Crippen molar-refractivity contribution in [2.75, 3.05) is 44.9 Å². The number of carboxylic acid groups (broad SMARTS) is 1. The molecule has 4 heterocycles. The van der Waals surface area contributed by atoms with Crippen LogP contribution in [0.5, 0.6) is 5.75 Å². The Morgan fingerprint density at radius 3 is 2.72 bits per heavy atom. The molecule has 8 nitrogen and oxygen atoms in total. The summed E-state index contributed by atoms with van der Waals surface area (Å²) in [6.07, 6.45) is 3.39. The average Bonchev–Trinajstić information content (AvgIpc) is 3.04. The van der Waals surface area contributed by atoms with Crippen LogP contribution >= 0.6 is 11.6 Å². The number of fused-ring (bicyclic) bond motifs is 1. The summed E-state index contributed by atoms with van der Waals surface area (Å²) in [6.45, 7) is 7.50. The topological polar surface area (TPSA) is 84.4 Å². The number of piperidine rings is 1. The molecule has 1 N–H and O–H groups in total. The van der Waals surface area contributed by atoms with E-state index in [4.69, 9.17) is 30.8 Å². The number of aliphatic carboxylic acids is 1. The molecule has 2 fully saturated rings. The van der Waals surface area contributed by atoms with E-state index in [1.807, 2.05) is 36.4 Å². The summed E-state index contributed by atoms with van der Waals surface area (Å²) in [5.41, 5.74) is 6.87. The maximum Gasteiger partial charge on any atom is 0.309 e. The molecular weight excluding hydrogens is 566 g/mol. The molecule has 3 aliphatic rings. The lowest BCUT2D eigenvalue weighted by Gasteiger charge is -2.38. The van der Waals surface area contributed by atoms with Gasteiger partial charge in [0.15, 0.2) is 0 Å². The Morgan fingerprint density at radius 1 is 1.12 bits per heavy atom. The summed E-state index contributed by atoms with van der Waals surface area (Å²) in [7, 11) is 1.57. The highest BCUT2D eigenvalue weighted by Gasteiger charge is 2.35. The number of rotatable bonds is 8. The predicted octanol–water partition coefficient (Wildman–Crippen LogP) is 5.75. The van der Waals surface area contributed by atoms with Crippen LogP contribution in [0, 0.1) is 12.8 Å². The first-order chi connectivity index (χ1) is 20.9. The number of aryl methyl sites for hydroxylation is 1.